The monoisotopic (exact) mass is 381 g/mol. The van der Waals surface area contributed by atoms with E-state index in [1.54, 1.807) is 24.3 Å². The Morgan fingerprint density at radius 3 is 2.59 bits per heavy atom. The van der Waals surface area contributed by atoms with Crippen molar-refractivity contribution in [3.63, 3.8) is 0 Å². The van der Waals surface area contributed by atoms with Crippen molar-refractivity contribution in [1.29, 1.82) is 0 Å². The van der Waals surface area contributed by atoms with Crippen molar-refractivity contribution in [2.24, 2.45) is 0 Å². The second kappa shape index (κ2) is 8.71. The van der Waals surface area contributed by atoms with Gasteiger partial charge in [0.2, 0.25) is 0 Å². The average Bonchev–Trinajstić information content (AvgIpc) is 2.68. The van der Waals surface area contributed by atoms with Crippen LogP contribution in [0.4, 0.5) is 5.69 Å². The number of ether oxygens (including phenoxy) is 1. The van der Waals surface area contributed by atoms with Crippen LogP contribution in [0.1, 0.15) is 22.8 Å². The van der Waals surface area contributed by atoms with Crippen molar-refractivity contribution < 1.29 is 14.6 Å². The van der Waals surface area contributed by atoms with Crippen LogP contribution in [0.3, 0.4) is 0 Å². The molecule has 138 valence electrons. The highest BCUT2D eigenvalue weighted by Gasteiger charge is 2.17. The number of halogens is 1. The van der Waals surface area contributed by atoms with Crippen LogP contribution in [-0.4, -0.2) is 17.6 Å². The smallest absolute Gasteiger partial charge is 0.262 e. The lowest BCUT2D eigenvalue weighted by molar-refractivity contribution is -0.118. The lowest BCUT2D eigenvalue weighted by Crippen LogP contribution is -2.21. The molecular weight excluding hydrogens is 362 g/mol. The summed E-state index contributed by atoms with van der Waals surface area (Å²) in [6.45, 7) is 1.82. The normalized spacial score (nSPS) is 11.7. The predicted octanol–water partition coefficient (Wildman–Crippen LogP) is 4.75. The molecule has 0 fully saturated rings. The van der Waals surface area contributed by atoms with Crippen LogP contribution in [0, 0.1) is 6.92 Å². The fourth-order valence-electron chi connectivity index (χ4n) is 2.73. The number of amides is 1. The van der Waals surface area contributed by atoms with Gasteiger partial charge in [0.15, 0.2) is 6.61 Å². The zero-order valence-electron chi connectivity index (χ0n) is 14.9. The summed E-state index contributed by atoms with van der Waals surface area (Å²) in [6, 6.07) is 21.7. The third kappa shape index (κ3) is 5.09. The molecule has 0 heterocycles. The van der Waals surface area contributed by atoms with Crippen LogP contribution in [0.25, 0.3) is 0 Å². The molecule has 3 aromatic carbocycles. The first-order chi connectivity index (χ1) is 13.0. The molecule has 1 amide bonds. The Hall–Kier alpha value is -2.82. The number of carbonyl (C=O) groups excluding carboxylic acids is 1. The molecule has 0 saturated carbocycles. The number of anilines is 1. The van der Waals surface area contributed by atoms with Crippen LogP contribution < -0.4 is 10.1 Å². The molecule has 0 unspecified atom stereocenters. The number of aryl methyl sites for hydroxylation is 1. The second-order valence-corrected chi connectivity index (χ2v) is 6.63. The SMILES string of the molecule is Cc1cccc(OCC(=O)Nc2ccc(Cl)cc2[C@@H](O)c2ccccc2)c1. The third-order valence-corrected chi connectivity index (χ3v) is 4.29. The van der Waals surface area contributed by atoms with E-state index in [1.165, 1.54) is 0 Å². The fraction of sp³-hybridized carbons (Fsp3) is 0.136. The molecule has 0 saturated heterocycles. The van der Waals surface area contributed by atoms with Gasteiger partial charge in [-0.2, -0.15) is 0 Å². The van der Waals surface area contributed by atoms with Crippen molar-refractivity contribution in [3.05, 3.63) is 94.5 Å². The van der Waals surface area contributed by atoms with Crippen LogP contribution in [-0.2, 0) is 4.79 Å². The molecule has 0 aliphatic carbocycles. The Morgan fingerprint density at radius 1 is 1.07 bits per heavy atom. The van der Waals surface area contributed by atoms with E-state index in [0.29, 0.717) is 27.6 Å². The average molecular weight is 382 g/mol. The van der Waals surface area contributed by atoms with Gasteiger partial charge in [0, 0.05) is 16.3 Å². The first-order valence-corrected chi connectivity index (χ1v) is 8.92. The summed E-state index contributed by atoms with van der Waals surface area (Å²) in [5.41, 5.74) is 2.79. The molecule has 5 heteroatoms. The number of aliphatic hydroxyl groups is 1. The number of benzene rings is 3. The lowest BCUT2D eigenvalue weighted by Gasteiger charge is -2.17. The Morgan fingerprint density at radius 2 is 1.85 bits per heavy atom. The summed E-state index contributed by atoms with van der Waals surface area (Å²) in [5.74, 6) is 0.311. The van der Waals surface area contributed by atoms with Crippen molar-refractivity contribution in [2.45, 2.75) is 13.0 Å². The van der Waals surface area contributed by atoms with Crippen molar-refractivity contribution in [3.8, 4) is 5.75 Å². The number of rotatable bonds is 6. The van der Waals surface area contributed by atoms with Gasteiger partial charge in [-0.25, -0.2) is 0 Å². The van der Waals surface area contributed by atoms with Gasteiger partial charge >= 0.3 is 0 Å². The Labute approximate surface area is 163 Å². The van der Waals surface area contributed by atoms with Gasteiger partial charge in [0.05, 0.1) is 0 Å². The van der Waals surface area contributed by atoms with Crippen molar-refractivity contribution >= 4 is 23.2 Å². The molecule has 0 spiro atoms. The summed E-state index contributed by atoms with van der Waals surface area (Å²) < 4.78 is 5.53. The van der Waals surface area contributed by atoms with E-state index >= 15 is 0 Å². The fourth-order valence-corrected chi connectivity index (χ4v) is 2.91. The molecule has 1 atom stereocenters. The minimum absolute atomic E-state index is 0.132. The minimum Gasteiger partial charge on any atom is -0.484 e. The maximum Gasteiger partial charge on any atom is 0.262 e. The van der Waals surface area contributed by atoms with E-state index in [1.807, 2.05) is 55.5 Å². The first-order valence-electron chi connectivity index (χ1n) is 8.55. The molecule has 3 rings (SSSR count). The van der Waals surface area contributed by atoms with E-state index in [-0.39, 0.29) is 12.5 Å². The number of hydrogen-bond acceptors (Lipinski definition) is 3. The molecule has 0 bridgehead atoms. The molecule has 2 N–H and O–H groups in total. The number of nitrogens with one attached hydrogen (secondary N) is 1. The van der Waals surface area contributed by atoms with Gasteiger partial charge in [0.1, 0.15) is 11.9 Å². The molecular formula is C22H20ClNO3. The van der Waals surface area contributed by atoms with E-state index in [2.05, 4.69) is 5.32 Å². The summed E-state index contributed by atoms with van der Waals surface area (Å²) in [6.07, 6.45) is -0.905. The lowest BCUT2D eigenvalue weighted by atomic mass is 10.00. The quantitative estimate of drug-likeness (QED) is 0.648. The van der Waals surface area contributed by atoms with E-state index < -0.39 is 6.10 Å². The summed E-state index contributed by atoms with van der Waals surface area (Å²) in [7, 11) is 0. The van der Waals surface area contributed by atoms with Gasteiger partial charge < -0.3 is 15.2 Å². The van der Waals surface area contributed by atoms with Crippen LogP contribution in [0.2, 0.25) is 5.02 Å². The van der Waals surface area contributed by atoms with Gasteiger partial charge in [-0.05, 0) is 48.4 Å². The molecule has 4 nitrogen and oxygen atoms in total. The summed E-state index contributed by atoms with van der Waals surface area (Å²) in [5, 5.41) is 14.0. The molecule has 0 radical (unpaired) electrons. The highest BCUT2D eigenvalue weighted by Crippen LogP contribution is 2.30. The highest BCUT2D eigenvalue weighted by molar-refractivity contribution is 6.30. The zero-order valence-corrected chi connectivity index (χ0v) is 15.6. The molecule has 27 heavy (non-hydrogen) atoms. The standard InChI is InChI=1S/C22H20ClNO3/c1-15-6-5-9-18(12-15)27-14-21(25)24-20-11-10-17(23)13-19(20)22(26)16-7-3-2-4-8-16/h2-13,22,26H,14H2,1H3,(H,24,25)/t22-/m0/s1. The maximum absolute atomic E-state index is 12.3. The van der Waals surface area contributed by atoms with Gasteiger partial charge in [-0.15, -0.1) is 0 Å². The van der Waals surface area contributed by atoms with E-state index in [4.69, 9.17) is 16.3 Å². The molecule has 3 aromatic rings. The van der Waals surface area contributed by atoms with Gasteiger partial charge in [0.25, 0.3) is 5.91 Å². The summed E-state index contributed by atoms with van der Waals surface area (Å²) >= 11 is 6.09. The second-order valence-electron chi connectivity index (χ2n) is 6.20. The topological polar surface area (TPSA) is 58.6 Å². The zero-order chi connectivity index (χ0) is 19.2. The van der Waals surface area contributed by atoms with Gasteiger partial charge in [-0.3, -0.25) is 4.79 Å². The Balaban J connectivity index is 1.73. The summed E-state index contributed by atoms with van der Waals surface area (Å²) in [4.78, 5) is 12.3. The van der Waals surface area contributed by atoms with E-state index in [9.17, 15) is 9.90 Å². The maximum atomic E-state index is 12.3. The number of carbonyl (C=O) groups is 1. The Bertz CT molecular complexity index is 928. The third-order valence-electron chi connectivity index (χ3n) is 4.06. The van der Waals surface area contributed by atoms with Crippen molar-refractivity contribution in [1.82, 2.24) is 0 Å². The largest absolute Gasteiger partial charge is 0.484 e. The van der Waals surface area contributed by atoms with E-state index in [0.717, 1.165) is 5.56 Å². The molecule has 0 aromatic heterocycles. The van der Waals surface area contributed by atoms with Crippen molar-refractivity contribution in [2.75, 3.05) is 11.9 Å². The molecule has 0 aliphatic rings. The van der Waals surface area contributed by atoms with Crippen LogP contribution in [0.15, 0.2) is 72.8 Å². The van der Waals surface area contributed by atoms with Crippen LogP contribution in [0.5, 0.6) is 5.75 Å². The number of hydrogen-bond donors (Lipinski definition) is 2. The predicted molar refractivity (Wildman–Crippen MR) is 107 cm³/mol. The highest BCUT2D eigenvalue weighted by atomic mass is 35.5. The van der Waals surface area contributed by atoms with Gasteiger partial charge in [-0.1, -0.05) is 54.1 Å². The van der Waals surface area contributed by atoms with Crippen LogP contribution >= 0.6 is 11.6 Å². The molecule has 0 aliphatic heterocycles. The number of aliphatic hydroxyl groups excluding tert-OH is 1. The minimum atomic E-state index is -0.905. The Kier molecular flexibility index (Phi) is 6.12. The first kappa shape index (κ1) is 19.0.